The number of ether oxygens (including phenoxy) is 1. The Balaban J connectivity index is 2.28. The monoisotopic (exact) mass is 119 g/mol. The van der Waals surface area contributed by atoms with Crippen LogP contribution in [0.1, 0.15) is 6.92 Å². The fraction of sp³-hybridized carbons (Fsp3) is 1.00. The summed E-state index contributed by atoms with van der Waals surface area (Å²) in [4.78, 5) is 0. The molecule has 48 valence electrons. The first kappa shape index (κ1) is 5.98. The van der Waals surface area contributed by atoms with E-state index in [1.54, 1.807) is 6.92 Å². The molecule has 0 aromatic heterocycles. The Morgan fingerprint density at radius 2 is 2.50 bits per heavy atom. The molecule has 1 atom stereocenters. The molecule has 0 bridgehead atoms. The van der Waals surface area contributed by atoms with Crippen LogP contribution in [0.25, 0.3) is 0 Å². The molecule has 1 heterocycles. The van der Waals surface area contributed by atoms with E-state index in [1.165, 1.54) is 0 Å². The maximum Gasteiger partial charge on any atom is 0.0645 e. The van der Waals surface area contributed by atoms with Gasteiger partial charge >= 0.3 is 0 Å². The summed E-state index contributed by atoms with van der Waals surface area (Å²) < 4.78 is 17.3. The number of halogens is 1. The molecule has 0 radical (unpaired) electrons. The second kappa shape index (κ2) is 2.42. The zero-order chi connectivity index (χ0) is 5.98. The van der Waals surface area contributed by atoms with Crippen molar-refractivity contribution in [2.45, 2.75) is 13.0 Å². The maximum atomic E-state index is 12.3. The first-order chi connectivity index (χ1) is 3.80. The molecule has 0 aliphatic carbocycles. The van der Waals surface area contributed by atoms with Gasteiger partial charge in [0.1, 0.15) is 0 Å². The Kier molecular flexibility index (Phi) is 1.81. The molecule has 0 saturated carbocycles. The quantitative estimate of drug-likeness (QED) is 0.433. The first-order valence-corrected chi connectivity index (χ1v) is 2.81. The summed E-state index contributed by atoms with van der Waals surface area (Å²) in [5, 5.41) is 0.809. The molecule has 1 aliphatic rings. The van der Waals surface area contributed by atoms with E-state index < -0.39 is 0 Å². The summed E-state index contributed by atoms with van der Waals surface area (Å²) in [6.07, 6.45) is 0. The van der Waals surface area contributed by atoms with Crippen LogP contribution in [-0.4, -0.2) is 30.9 Å². The van der Waals surface area contributed by atoms with Crippen LogP contribution in [0, 0.1) is 0 Å². The van der Waals surface area contributed by atoms with Gasteiger partial charge in [0.2, 0.25) is 0 Å². The van der Waals surface area contributed by atoms with E-state index >= 15 is 0 Å². The number of morpholine rings is 1. The lowest BCUT2D eigenvalue weighted by Gasteiger charge is -2.24. The van der Waals surface area contributed by atoms with Gasteiger partial charge in [0.25, 0.3) is 0 Å². The standard InChI is InChI=1S/C5H10FNO/c1-5-4-8-3-2-7(5)6/h5H,2-4H2,1H3/t5-/m0/s1. The zero-order valence-corrected chi connectivity index (χ0v) is 4.93. The van der Waals surface area contributed by atoms with Crippen LogP contribution in [0.15, 0.2) is 0 Å². The highest BCUT2D eigenvalue weighted by Crippen LogP contribution is 2.04. The molecular weight excluding hydrogens is 109 g/mol. The van der Waals surface area contributed by atoms with Gasteiger partial charge < -0.3 is 4.74 Å². The predicted octanol–water partition coefficient (Wildman–Crippen LogP) is 0.592. The molecule has 1 aliphatic heterocycles. The van der Waals surface area contributed by atoms with Crippen LogP contribution < -0.4 is 0 Å². The molecule has 2 nitrogen and oxygen atoms in total. The highest BCUT2D eigenvalue weighted by Gasteiger charge is 2.16. The van der Waals surface area contributed by atoms with Gasteiger partial charge in [0, 0.05) is 0 Å². The molecule has 0 aromatic rings. The molecule has 8 heavy (non-hydrogen) atoms. The van der Waals surface area contributed by atoms with Crippen molar-refractivity contribution in [3.05, 3.63) is 0 Å². The van der Waals surface area contributed by atoms with Crippen molar-refractivity contribution >= 4 is 0 Å². The number of rotatable bonds is 0. The fourth-order valence-electron chi connectivity index (χ4n) is 0.707. The molecule has 1 saturated heterocycles. The molecule has 0 unspecified atom stereocenters. The molecule has 0 aromatic carbocycles. The number of hydrogen-bond acceptors (Lipinski definition) is 2. The van der Waals surface area contributed by atoms with Gasteiger partial charge in [0.05, 0.1) is 25.8 Å². The Labute approximate surface area is 48.2 Å². The van der Waals surface area contributed by atoms with Crippen molar-refractivity contribution in [2.75, 3.05) is 19.8 Å². The van der Waals surface area contributed by atoms with Gasteiger partial charge in [-0.3, -0.25) is 0 Å². The van der Waals surface area contributed by atoms with Crippen LogP contribution in [-0.2, 0) is 4.74 Å². The predicted molar refractivity (Wildman–Crippen MR) is 28.1 cm³/mol. The normalized spacial score (nSPS) is 33.0. The summed E-state index contributed by atoms with van der Waals surface area (Å²) >= 11 is 0. The van der Waals surface area contributed by atoms with Crippen molar-refractivity contribution in [1.82, 2.24) is 5.12 Å². The largest absolute Gasteiger partial charge is 0.378 e. The Morgan fingerprint density at radius 1 is 1.75 bits per heavy atom. The first-order valence-electron chi connectivity index (χ1n) is 2.81. The average Bonchev–Trinajstić information content (AvgIpc) is 1.77. The van der Waals surface area contributed by atoms with E-state index in [2.05, 4.69) is 0 Å². The third-order valence-electron chi connectivity index (χ3n) is 1.29. The highest BCUT2D eigenvalue weighted by atomic mass is 19.2. The van der Waals surface area contributed by atoms with Gasteiger partial charge in [-0.05, 0) is 6.92 Å². The van der Waals surface area contributed by atoms with Crippen LogP contribution in [0.4, 0.5) is 4.48 Å². The van der Waals surface area contributed by atoms with Crippen molar-refractivity contribution in [2.24, 2.45) is 0 Å². The van der Waals surface area contributed by atoms with E-state index in [4.69, 9.17) is 4.74 Å². The van der Waals surface area contributed by atoms with Crippen molar-refractivity contribution in [3.63, 3.8) is 0 Å². The Hall–Kier alpha value is -0.150. The Bertz CT molecular complexity index is 68.8. The van der Waals surface area contributed by atoms with Crippen LogP contribution in [0.3, 0.4) is 0 Å². The van der Waals surface area contributed by atoms with Gasteiger partial charge in [-0.15, -0.1) is 9.60 Å². The molecule has 1 rings (SSSR count). The third kappa shape index (κ3) is 1.17. The van der Waals surface area contributed by atoms with Gasteiger partial charge in [-0.2, -0.15) is 0 Å². The van der Waals surface area contributed by atoms with E-state index in [0.29, 0.717) is 19.8 Å². The third-order valence-corrected chi connectivity index (χ3v) is 1.29. The molecule has 3 heteroatoms. The topological polar surface area (TPSA) is 12.5 Å². The summed E-state index contributed by atoms with van der Waals surface area (Å²) in [7, 11) is 0. The minimum atomic E-state index is -0.0521. The SMILES string of the molecule is C[C@H]1COCCN1F. The van der Waals surface area contributed by atoms with E-state index in [1.807, 2.05) is 0 Å². The molecule has 0 amide bonds. The van der Waals surface area contributed by atoms with E-state index in [-0.39, 0.29) is 6.04 Å². The number of hydrogen-bond donors (Lipinski definition) is 0. The molecule has 0 spiro atoms. The number of nitrogens with zero attached hydrogens (tertiary/aromatic N) is 1. The van der Waals surface area contributed by atoms with Gasteiger partial charge in [0.15, 0.2) is 0 Å². The smallest absolute Gasteiger partial charge is 0.0645 e. The van der Waals surface area contributed by atoms with Crippen molar-refractivity contribution in [1.29, 1.82) is 0 Å². The maximum absolute atomic E-state index is 12.3. The lowest BCUT2D eigenvalue weighted by molar-refractivity contribution is -0.104. The summed E-state index contributed by atoms with van der Waals surface area (Å²) in [6, 6.07) is -0.0521. The van der Waals surface area contributed by atoms with Gasteiger partial charge in [-0.25, -0.2) is 0 Å². The summed E-state index contributed by atoms with van der Waals surface area (Å²) in [5.41, 5.74) is 0. The minimum absolute atomic E-state index is 0.0521. The second-order valence-electron chi connectivity index (χ2n) is 2.05. The van der Waals surface area contributed by atoms with Crippen molar-refractivity contribution in [3.8, 4) is 0 Å². The lowest BCUT2D eigenvalue weighted by atomic mass is 10.3. The summed E-state index contributed by atoms with van der Waals surface area (Å²) in [5.74, 6) is 0. The average molecular weight is 119 g/mol. The fourth-order valence-corrected chi connectivity index (χ4v) is 0.707. The van der Waals surface area contributed by atoms with E-state index in [9.17, 15) is 4.48 Å². The van der Waals surface area contributed by atoms with E-state index in [0.717, 1.165) is 5.12 Å². The molecular formula is C5H10FNO. The minimum Gasteiger partial charge on any atom is -0.378 e. The molecule has 1 fully saturated rings. The highest BCUT2D eigenvalue weighted by molar-refractivity contribution is 4.61. The zero-order valence-electron chi connectivity index (χ0n) is 4.93. The molecule has 0 N–H and O–H groups in total. The second-order valence-corrected chi connectivity index (χ2v) is 2.05. The van der Waals surface area contributed by atoms with Crippen molar-refractivity contribution < 1.29 is 9.22 Å². The Morgan fingerprint density at radius 3 is 2.88 bits per heavy atom. The van der Waals surface area contributed by atoms with Crippen LogP contribution in [0.2, 0.25) is 0 Å². The van der Waals surface area contributed by atoms with Gasteiger partial charge in [-0.1, -0.05) is 0 Å². The van der Waals surface area contributed by atoms with Crippen LogP contribution in [0.5, 0.6) is 0 Å². The lowest BCUT2D eigenvalue weighted by Crippen LogP contribution is -2.37. The van der Waals surface area contributed by atoms with Crippen LogP contribution >= 0.6 is 0 Å². The summed E-state index contributed by atoms with van der Waals surface area (Å²) in [6.45, 7) is 3.28.